The molecule has 1 aromatic rings. The van der Waals surface area contributed by atoms with Gasteiger partial charge >= 0.3 is 5.97 Å². The minimum Gasteiger partial charge on any atom is -0.481 e. The molecule has 0 atom stereocenters. The highest BCUT2D eigenvalue weighted by Crippen LogP contribution is 2.20. The number of benzene rings is 1. The van der Waals surface area contributed by atoms with Crippen LogP contribution in [0, 0.1) is 17.0 Å². The standard InChI is InChI=1S/C10H12N2O6S/c1-7-6-8(12(15)16)2-3-9(7)19(17,18)11-5-4-10(13)14/h2-3,6,11H,4-5H2,1H3,(H,13,14). The molecule has 9 heteroatoms. The number of non-ortho nitro benzene ring substituents is 1. The molecule has 0 amide bonds. The maximum absolute atomic E-state index is 11.8. The SMILES string of the molecule is Cc1cc([N+](=O)[O-])ccc1S(=O)(=O)NCCC(=O)O. The Morgan fingerprint density at radius 3 is 2.58 bits per heavy atom. The van der Waals surface area contributed by atoms with Gasteiger partial charge < -0.3 is 5.11 Å². The van der Waals surface area contributed by atoms with Gasteiger partial charge in [-0.1, -0.05) is 0 Å². The molecule has 0 fully saturated rings. The summed E-state index contributed by atoms with van der Waals surface area (Å²) >= 11 is 0. The summed E-state index contributed by atoms with van der Waals surface area (Å²) in [5.74, 6) is -1.12. The highest BCUT2D eigenvalue weighted by Gasteiger charge is 2.19. The molecule has 0 saturated carbocycles. The van der Waals surface area contributed by atoms with Gasteiger partial charge in [-0.25, -0.2) is 13.1 Å². The lowest BCUT2D eigenvalue weighted by Crippen LogP contribution is -2.26. The summed E-state index contributed by atoms with van der Waals surface area (Å²) in [5, 5.41) is 19.0. The summed E-state index contributed by atoms with van der Waals surface area (Å²) in [4.78, 5) is 20.1. The molecule has 0 aliphatic carbocycles. The number of rotatable bonds is 6. The molecule has 0 saturated heterocycles. The van der Waals surface area contributed by atoms with E-state index < -0.39 is 20.9 Å². The van der Waals surface area contributed by atoms with Crippen molar-refractivity contribution in [1.29, 1.82) is 0 Å². The maximum atomic E-state index is 11.8. The van der Waals surface area contributed by atoms with Gasteiger partial charge in [0.15, 0.2) is 0 Å². The minimum absolute atomic E-state index is 0.108. The van der Waals surface area contributed by atoms with Crippen molar-refractivity contribution in [2.24, 2.45) is 0 Å². The number of nitrogens with one attached hydrogen (secondary N) is 1. The van der Waals surface area contributed by atoms with Crippen LogP contribution in [0.4, 0.5) is 5.69 Å². The first-order valence-electron chi connectivity index (χ1n) is 5.20. The molecule has 0 aromatic heterocycles. The first-order valence-corrected chi connectivity index (χ1v) is 6.69. The number of carboxylic acid groups (broad SMARTS) is 1. The van der Waals surface area contributed by atoms with Crippen LogP contribution in [0.2, 0.25) is 0 Å². The Kier molecular flexibility index (Phi) is 4.57. The number of hydrogen-bond acceptors (Lipinski definition) is 5. The molecule has 2 N–H and O–H groups in total. The van der Waals surface area contributed by atoms with Crippen molar-refractivity contribution in [2.75, 3.05) is 6.54 Å². The van der Waals surface area contributed by atoms with Gasteiger partial charge in [-0.2, -0.15) is 0 Å². The van der Waals surface area contributed by atoms with E-state index >= 15 is 0 Å². The lowest BCUT2D eigenvalue weighted by molar-refractivity contribution is -0.385. The van der Waals surface area contributed by atoms with Gasteiger partial charge in [-0.15, -0.1) is 0 Å². The second-order valence-electron chi connectivity index (χ2n) is 3.75. The van der Waals surface area contributed by atoms with Crippen molar-refractivity contribution in [3.63, 3.8) is 0 Å². The van der Waals surface area contributed by atoms with E-state index in [1.807, 2.05) is 0 Å². The van der Waals surface area contributed by atoms with Crippen molar-refractivity contribution < 1.29 is 23.2 Å². The lowest BCUT2D eigenvalue weighted by atomic mass is 10.2. The number of sulfonamides is 1. The van der Waals surface area contributed by atoms with E-state index in [9.17, 15) is 23.3 Å². The number of aliphatic carboxylic acids is 1. The smallest absolute Gasteiger partial charge is 0.304 e. The van der Waals surface area contributed by atoms with Gasteiger partial charge in [0.2, 0.25) is 10.0 Å². The fourth-order valence-corrected chi connectivity index (χ4v) is 2.68. The quantitative estimate of drug-likeness (QED) is 0.584. The average molecular weight is 288 g/mol. The van der Waals surface area contributed by atoms with Crippen LogP contribution in [-0.4, -0.2) is 31.0 Å². The van der Waals surface area contributed by atoms with E-state index in [1.54, 1.807) is 0 Å². The zero-order valence-corrected chi connectivity index (χ0v) is 10.8. The highest BCUT2D eigenvalue weighted by atomic mass is 32.2. The molecule has 0 unspecified atom stereocenters. The zero-order valence-electron chi connectivity index (χ0n) is 9.99. The number of nitro benzene ring substituents is 1. The molecular formula is C10H12N2O6S. The number of hydrogen-bond donors (Lipinski definition) is 2. The highest BCUT2D eigenvalue weighted by molar-refractivity contribution is 7.89. The Hall–Kier alpha value is -2.00. The summed E-state index contributed by atoms with van der Waals surface area (Å²) < 4.78 is 25.8. The zero-order chi connectivity index (χ0) is 14.6. The molecule has 19 heavy (non-hydrogen) atoms. The second-order valence-corrected chi connectivity index (χ2v) is 5.48. The predicted molar refractivity (Wildman–Crippen MR) is 65.3 cm³/mol. The molecule has 8 nitrogen and oxygen atoms in total. The van der Waals surface area contributed by atoms with Crippen LogP contribution in [0.15, 0.2) is 23.1 Å². The van der Waals surface area contributed by atoms with Crippen LogP contribution in [0.5, 0.6) is 0 Å². The molecule has 0 aliphatic heterocycles. The number of nitro groups is 1. The molecule has 0 aliphatic rings. The summed E-state index contributed by atoms with van der Waals surface area (Å²) in [6.45, 7) is 1.19. The molecule has 0 heterocycles. The second kappa shape index (κ2) is 5.76. The maximum Gasteiger partial charge on any atom is 0.304 e. The normalized spacial score (nSPS) is 11.2. The van der Waals surface area contributed by atoms with Crippen molar-refractivity contribution in [3.8, 4) is 0 Å². The largest absolute Gasteiger partial charge is 0.481 e. The predicted octanol–water partition coefficient (Wildman–Crippen LogP) is 0.656. The first kappa shape index (κ1) is 15.1. The third-order valence-electron chi connectivity index (χ3n) is 2.29. The summed E-state index contributed by atoms with van der Waals surface area (Å²) in [7, 11) is -3.87. The van der Waals surface area contributed by atoms with E-state index in [0.29, 0.717) is 0 Å². The Labute approximate surface area is 109 Å². The Morgan fingerprint density at radius 1 is 1.47 bits per heavy atom. The fourth-order valence-electron chi connectivity index (χ4n) is 1.42. The summed E-state index contributed by atoms with van der Waals surface area (Å²) in [6, 6.07) is 3.35. The van der Waals surface area contributed by atoms with Crippen LogP contribution < -0.4 is 4.72 Å². The number of carboxylic acids is 1. The number of nitrogens with zero attached hydrogens (tertiary/aromatic N) is 1. The minimum atomic E-state index is -3.87. The summed E-state index contributed by atoms with van der Waals surface area (Å²) in [5.41, 5.74) is 0.0130. The van der Waals surface area contributed by atoms with Gasteiger partial charge in [0.1, 0.15) is 0 Å². The van der Waals surface area contributed by atoms with Crippen molar-refractivity contribution in [2.45, 2.75) is 18.2 Å². The number of carbonyl (C=O) groups is 1. The Bertz CT molecular complexity index is 610. The first-order chi connectivity index (χ1) is 8.74. The molecule has 0 radical (unpaired) electrons. The van der Waals surface area contributed by atoms with Crippen LogP contribution in [-0.2, 0) is 14.8 Å². The van der Waals surface area contributed by atoms with Crippen LogP contribution in [0.3, 0.4) is 0 Å². The molecule has 1 rings (SSSR count). The van der Waals surface area contributed by atoms with Crippen molar-refractivity contribution >= 4 is 21.7 Å². The van der Waals surface area contributed by atoms with Gasteiger partial charge in [0.05, 0.1) is 16.2 Å². The third-order valence-corrected chi connectivity index (χ3v) is 3.91. The topological polar surface area (TPSA) is 127 Å². The Balaban J connectivity index is 2.96. The third kappa shape index (κ3) is 4.00. The lowest BCUT2D eigenvalue weighted by Gasteiger charge is -2.08. The van der Waals surface area contributed by atoms with E-state index in [1.165, 1.54) is 6.92 Å². The van der Waals surface area contributed by atoms with E-state index in [4.69, 9.17) is 5.11 Å². The molecular weight excluding hydrogens is 276 g/mol. The van der Waals surface area contributed by atoms with Crippen LogP contribution in [0.1, 0.15) is 12.0 Å². The Morgan fingerprint density at radius 2 is 2.11 bits per heavy atom. The molecule has 104 valence electrons. The molecule has 1 aromatic carbocycles. The summed E-state index contributed by atoms with van der Waals surface area (Å²) in [6.07, 6.45) is -0.342. The van der Waals surface area contributed by atoms with Crippen LogP contribution in [0.25, 0.3) is 0 Å². The fraction of sp³-hybridized carbons (Fsp3) is 0.300. The van der Waals surface area contributed by atoms with Crippen molar-refractivity contribution in [3.05, 3.63) is 33.9 Å². The van der Waals surface area contributed by atoms with E-state index in [0.717, 1.165) is 18.2 Å². The number of aryl methyl sites for hydroxylation is 1. The monoisotopic (exact) mass is 288 g/mol. The van der Waals surface area contributed by atoms with Crippen molar-refractivity contribution in [1.82, 2.24) is 4.72 Å². The van der Waals surface area contributed by atoms with Crippen LogP contribution >= 0.6 is 0 Å². The molecule has 0 bridgehead atoms. The van der Waals surface area contributed by atoms with Gasteiger partial charge in [0.25, 0.3) is 5.69 Å². The molecule has 0 spiro atoms. The van der Waals surface area contributed by atoms with E-state index in [2.05, 4.69) is 4.72 Å². The van der Waals surface area contributed by atoms with Gasteiger partial charge in [-0.3, -0.25) is 14.9 Å². The van der Waals surface area contributed by atoms with Gasteiger partial charge in [0, 0.05) is 18.7 Å². The van der Waals surface area contributed by atoms with Gasteiger partial charge in [-0.05, 0) is 18.6 Å². The van der Waals surface area contributed by atoms with E-state index in [-0.39, 0.29) is 29.1 Å². The average Bonchev–Trinajstić information content (AvgIpc) is 2.27.